The predicted octanol–water partition coefficient (Wildman–Crippen LogP) is 2.66. The number of ether oxygens (including phenoxy) is 1. The topological polar surface area (TPSA) is 24.5 Å². The van der Waals surface area contributed by atoms with Crippen molar-refractivity contribution < 1.29 is 4.74 Å². The molecule has 0 spiro atoms. The third-order valence-corrected chi connectivity index (χ3v) is 4.63. The minimum atomic E-state index is -0.0290. The molecule has 19 heavy (non-hydrogen) atoms. The van der Waals surface area contributed by atoms with Crippen molar-refractivity contribution in [3.05, 3.63) is 0 Å². The quantitative estimate of drug-likeness (QED) is 0.851. The number of morpholine rings is 1. The highest BCUT2D eigenvalue weighted by Crippen LogP contribution is 2.35. The molecule has 0 radical (unpaired) electrons. The largest absolute Gasteiger partial charge is 0.367 e. The third-order valence-electron chi connectivity index (χ3n) is 4.63. The first-order valence-electron chi connectivity index (χ1n) is 7.89. The molecule has 0 aromatic carbocycles. The Morgan fingerprint density at radius 2 is 1.74 bits per heavy atom. The summed E-state index contributed by atoms with van der Waals surface area (Å²) in [4.78, 5) is 2.64. The van der Waals surface area contributed by atoms with E-state index in [9.17, 15) is 0 Å². The highest BCUT2D eigenvalue weighted by molar-refractivity contribution is 4.94. The van der Waals surface area contributed by atoms with Crippen LogP contribution in [0.3, 0.4) is 0 Å². The lowest BCUT2D eigenvalue weighted by Crippen LogP contribution is -2.60. The van der Waals surface area contributed by atoms with E-state index >= 15 is 0 Å². The fourth-order valence-electron chi connectivity index (χ4n) is 4.11. The zero-order valence-electron chi connectivity index (χ0n) is 13.5. The monoisotopic (exact) mass is 268 g/mol. The van der Waals surface area contributed by atoms with Crippen LogP contribution in [0.4, 0.5) is 0 Å². The molecule has 0 aromatic heterocycles. The van der Waals surface area contributed by atoms with Gasteiger partial charge in [0.25, 0.3) is 0 Å². The van der Waals surface area contributed by atoms with E-state index in [1.165, 1.54) is 38.9 Å². The van der Waals surface area contributed by atoms with Crippen molar-refractivity contribution in [3.63, 3.8) is 0 Å². The van der Waals surface area contributed by atoms with Crippen LogP contribution in [0, 0.1) is 5.41 Å². The Balaban J connectivity index is 2.04. The zero-order valence-corrected chi connectivity index (χ0v) is 13.5. The molecular weight excluding hydrogens is 236 g/mol. The molecule has 1 unspecified atom stereocenters. The van der Waals surface area contributed by atoms with Gasteiger partial charge in [-0.1, -0.05) is 6.92 Å². The second-order valence-electron chi connectivity index (χ2n) is 7.90. The second-order valence-corrected chi connectivity index (χ2v) is 7.90. The number of hydrogen-bond acceptors (Lipinski definition) is 3. The van der Waals surface area contributed by atoms with Gasteiger partial charge in [0.2, 0.25) is 0 Å². The molecule has 2 heterocycles. The van der Waals surface area contributed by atoms with Crippen molar-refractivity contribution in [1.82, 2.24) is 10.2 Å². The molecule has 2 fully saturated rings. The van der Waals surface area contributed by atoms with E-state index < -0.39 is 0 Å². The highest BCUT2D eigenvalue weighted by Gasteiger charge is 2.41. The van der Waals surface area contributed by atoms with Gasteiger partial charge in [0.1, 0.15) is 0 Å². The standard InChI is InChI=1S/C16H32N2O/c1-6-16(8-7-9-17-10-16)13-18-11-14(2,3)19-15(4,5)12-18/h17H,6-13H2,1-5H3. The van der Waals surface area contributed by atoms with E-state index in [0.29, 0.717) is 5.41 Å². The smallest absolute Gasteiger partial charge is 0.0760 e. The second kappa shape index (κ2) is 5.34. The first kappa shape index (κ1) is 15.3. The maximum Gasteiger partial charge on any atom is 0.0760 e. The maximum absolute atomic E-state index is 6.19. The van der Waals surface area contributed by atoms with Crippen LogP contribution in [-0.2, 0) is 4.74 Å². The van der Waals surface area contributed by atoms with Crippen LogP contribution < -0.4 is 5.32 Å². The summed E-state index contributed by atoms with van der Waals surface area (Å²) in [6.07, 6.45) is 3.97. The maximum atomic E-state index is 6.19. The summed E-state index contributed by atoms with van der Waals surface area (Å²) >= 11 is 0. The van der Waals surface area contributed by atoms with E-state index in [1.807, 2.05) is 0 Å². The van der Waals surface area contributed by atoms with Crippen molar-refractivity contribution in [2.45, 2.75) is 65.1 Å². The molecule has 0 aromatic rings. The molecule has 0 bridgehead atoms. The molecule has 3 nitrogen and oxygen atoms in total. The first-order chi connectivity index (χ1) is 8.76. The number of piperidine rings is 1. The summed E-state index contributed by atoms with van der Waals surface area (Å²) in [5, 5.41) is 3.60. The van der Waals surface area contributed by atoms with Gasteiger partial charge in [-0.25, -0.2) is 0 Å². The number of nitrogens with zero attached hydrogens (tertiary/aromatic N) is 1. The molecule has 0 saturated carbocycles. The Labute approximate surface area is 119 Å². The van der Waals surface area contributed by atoms with Gasteiger partial charge in [0.15, 0.2) is 0 Å². The van der Waals surface area contributed by atoms with Crippen LogP contribution in [0.1, 0.15) is 53.9 Å². The van der Waals surface area contributed by atoms with Gasteiger partial charge in [-0.2, -0.15) is 0 Å². The molecule has 112 valence electrons. The van der Waals surface area contributed by atoms with Gasteiger partial charge >= 0.3 is 0 Å². The summed E-state index contributed by atoms with van der Waals surface area (Å²) in [5.74, 6) is 0. The lowest BCUT2D eigenvalue weighted by atomic mass is 9.77. The first-order valence-corrected chi connectivity index (χ1v) is 7.89. The molecule has 1 N–H and O–H groups in total. The molecule has 1 atom stereocenters. The van der Waals surface area contributed by atoms with Crippen LogP contribution >= 0.6 is 0 Å². The molecule has 2 aliphatic rings. The third kappa shape index (κ3) is 3.93. The summed E-state index contributed by atoms with van der Waals surface area (Å²) in [5.41, 5.74) is 0.416. The zero-order chi connectivity index (χ0) is 14.1. The number of nitrogens with one attached hydrogen (secondary N) is 1. The minimum Gasteiger partial charge on any atom is -0.367 e. The van der Waals surface area contributed by atoms with Gasteiger partial charge in [-0.05, 0) is 58.9 Å². The fourth-order valence-corrected chi connectivity index (χ4v) is 4.11. The molecule has 3 heteroatoms. The molecule has 0 amide bonds. The van der Waals surface area contributed by atoms with Gasteiger partial charge in [-0.3, -0.25) is 4.90 Å². The SMILES string of the molecule is CCC1(CN2CC(C)(C)OC(C)(C)C2)CCCNC1. The minimum absolute atomic E-state index is 0.0290. The normalized spacial score (nSPS) is 35.2. The Bertz CT molecular complexity index is 290. The van der Waals surface area contributed by atoms with Gasteiger partial charge in [-0.15, -0.1) is 0 Å². The lowest BCUT2D eigenvalue weighted by Gasteiger charge is -2.50. The average Bonchev–Trinajstić information content (AvgIpc) is 2.25. The van der Waals surface area contributed by atoms with Crippen molar-refractivity contribution in [1.29, 1.82) is 0 Å². The van der Waals surface area contributed by atoms with Crippen molar-refractivity contribution in [3.8, 4) is 0 Å². The van der Waals surface area contributed by atoms with Crippen LogP contribution in [0.2, 0.25) is 0 Å². The molecular formula is C16H32N2O. The highest BCUT2D eigenvalue weighted by atomic mass is 16.5. The van der Waals surface area contributed by atoms with E-state index in [1.54, 1.807) is 0 Å². The van der Waals surface area contributed by atoms with Crippen LogP contribution in [-0.4, -0.2) is 48.8 Å². The van der Waals surface area contributed by atoms with Crippen molar-refractivity contribution in [2.75, 3.05) is 32.7 Å². The molecule has 2 rings (SSSR count). The Morgan fingerprint density at radius 1 is 1.11 bits per heavy atom. The molecule has 0 aliphatic carbocycles. The van der Waals surface area contributed by atoms with Crippen LogP contribution in [0.25, 0.3) is 0 Å². The van der Waals surface area contributed by atoms with E-state index in [0.717, 1.165) is 13.1 Å². The van der Waals surface area contributed by atoms with E-state index in [2.05, 4.69) is 44.8 Å². The summed E-state index contributed by atoms with van der Waals surface area (Å²) in [6, 6.07) is 0. The Kier molecular flexibility index (Phi) is 4.29. The van der Waals surface area contributed by atoms with Crippen molar-refractivity contribution >= 4 is 0 Å². The number of hydrogen-bond donors (Lipinski definition) is 1. The Morgan fingerprint density at radius 3 is 2.21 bits per heavy atom. The fraction of sp³-hybridized carbons (Fsp3) is 1.00. The van der Waals surface area contributed by atoms with E-state index in [-0.39, 0.29) is 11.2 Å². The molecule has 2 saturated heterocycles. The number of rotatable bonds is 3. The summed E-state index contributed by atoms with van der Waals surface area (Å²) in [7, 11) is 0. The molecule has 2 aliphatic heterocycles. The van der Waals surface area contributed by atoms with Gasteiger partial charge < -0.3 is 10.1 Å². The summed E-state index contributed by atoms with van der Waals surface area (Å²) < 4.78 is 6.19. The lowest BCUT2D eigenvalue weighted by molar-refractivity contribution is -0.185. The van der Waals surface area contributed by atoms with Crippen LogP contribution in [0.15, 0.2) is 0 Å². The average molecular weight is 268 g/mol. The van der Waals surface area contributed by atoms with Gasteiger partial charge in [0, 0.05) is 26.2 Å². The van der Waals surface area contributed by atoms with Gasteiger partial charge in [0.05, 0.1) is 11.2 Å². The van der Waals surface area contributed by atoms with Crippen molar-refractivity contribution in [2.24, 2.45) is 5.41 Å². The predicted molar refractivity (Wildman–Crippen MR) is 80.5 cm³/mol. The summed E-state index contributed by atoms with van der Waals surface area (Å²) in [6.45, 7) is 16.9. The van der Waals surface area contributed by atoms with E-state index in [4.69, 9.17) is 4.74 Å². The van der Waals surface area contributed by atoms with Crippen LogP contribution in [0.5, 0.6) is 0 Å². The Hall–Kier alpha value is -0.120.